The van der Waals surface area contributed by atoms with Crippen LogP contribution < -0.4 is 84.9 Å². The summed E-state index contributed by atoms with van der Waals surface area (Å²) in [6.07, 6.45) is 0. The summed E-state index contributed by atoms with van der Waals surface area (Å²) >= 11 is 0. The first kappa shape index (κ1) is 22.4. The van der Waals surface area contributed by atoms with Crippen molar-refractivity contribution in [3.63, 3.8) is 0 Å². The Kier molecular flexibility index (Phi) is 7.23. The van der Waals surface area contributed by atoms with Crippen LogP contribution in [0.1, 0.15) is 21.1 Å². The number of benzene rings is 1. The molecule has 26 heavy (non-hydrogen) atoms. The minimum Gasteiger partial charge on any atom is -0.542 e. The summed E-state index contributed by atoms with van der Waals surface area (Å²) in [6.45, 7) is 0. The Morgan fingerprint density at radius 2 is 1.38 bits per heavy atom. The normalized spacial score (nSPS) is 10.0. The maximum Gasteiger partial charge on any atom is 1.00 e. The summed E-state index contributed by atoms with van der Waals surface area (Å²) < 4.78 is 15.1. The fraction of sp³-hybridized carbons (Fsp3) is 0.0667. The van der Waals surface area contributed by atoms with Gasteiger partial charge in [-0.3, -0.25) is 9.59 Å². The summed E-state index contributed by atoms with van der Waals surface area (Å²) in [7, 11) is 1.22. The van der Waals surface area contributed by atoms with Crippen LogP contribution in [0.25, 0.3) is 21.9 Å². The average molecular weight is 376 g/mol. The summed E-state index contributed by atoms with van der Waals surface area (Å²) in [6, 6.07) is 2.44. The van der Waals surface area contributed by atoms with Gasteiger partial charge in [0.1, 0.15) is 34.0 Å². The number of fused-ring (bicyclic) bond motifs is 3. The van der Waals surface area contributed by atoms with E-state index in [4.69, 9.17) is 13.6 Å². The Morgan fingerprint density at radius 3 is 1.88 bits per heavy atom. The van der Waals surface area contributed by atoms with Crippen molar-refractivity contribution in [1.29, 1.82) is 0 Å². The molecule has 0 unspecified atom stereocenters. The Hall–Kier alpha value is -1.62. The third-order valence-corrected chi connectivity index (χ3v) is 3.28. The molecule has 2 aromatic heterocycles. The molecular weight excluding hydrogens is 370 g/mol. The number of hydrogen-bond donors (Lipinski definition) is 0. The first-order valence-electron chi connectivity index (χ1n) is 6.39. The van der Waals surface area contributed by atoms with E-state index in [2.05, 4.69) is 0 Å². The van der Waals surface area contributed by atoms with E-state index in [0.717, 1.165) is 6.07 Å². The maximum absolute atomic E-state index is 12.2. The van der Waals surface area contributed by atoms with E-state index < -0.39 is 39.9 Å². The summed E-state index contributed by atoms with van der Waals surface area (Å²) in [5, 5.41) is 21.3. The zero-order chi connectivity index (χ0) is 17.6. The van der Waals surface area contributed by atoms with Gasteiger partial charge in [0.15, 0.2) is 28.0 Å². The number of ether oxygens (including phenoxy) is 1. The molecule has 0 N–H and O–H groups in total. The summed E-state index contributed by atoms with van der Waals surface area (Å²) in [5.74, 6) is -5.12. The molecule has 0 aliphatic carbocycles. The predicted octanol–water partition coefficient (Wildman–Crippen LogP) is -7.36. The molecule has 0 radical (unpaired) electrons. The van der Waals surface area contributed by atoms with Crippen LogP contribution >= 0.6 is 0 Å². The first-order chi connectivity index (χ1) is 11.3. The molecule has 0 spiro atoms. The van der Waals surface area contributed by atoms with Crippen molar-refractivity contribution in [3.05, 3.63) is 50.2 Å². The van der Waals surface area contributed by atoms with Crippen molar-refractivity contribution < 1.29 is 92.5 Å². The molecule has 0 atom stereocenters. The van der Waals surface area contributed by atoms with E-state index in [-0.39, 0.29) is 81.2 Å². The molecule has 3 rings (SSSR count). The van der Waals surface area contributed by atoms with Gasteiger partial charge < -0.3 is 33.4 Å². The number of methoxy groups -OCH3 is 1. The van der Waals surface area contributed by atoms with Crippen molar-refractivity contribution >= 4 is 33.9 Å². The van der Waals surface area contributed by atoms with Crippen LogP contribution in [0, 0.1) is 0 Å². The zero-order valence-corrected chi connectivity index (χ0v) is 17.9. The van der Waals surface area contributed by atoms with Crippen LogP contribution in [0.2, 0.25) is 0 Å². The van der Waals surface area contributed by atoms with Crippen molar-refractivity contribution in [2.75, 3.05) is 7.11 Å². The molecule has 0 aliphatic heterocycles. The predicted molar refractivity (Wildman–Crippen MR) is 73.7 cm³/mol. The average Bonchev–Trinajstić information content (AvgIpc) is 2.52. The van der Waals surface area contributed by atoms with Gasteiger partial charge in [-0.2, -0.15) is 0 Å². The van der Waals surface area contributed by atoms with Crippen LogP contribution in [0.4, 0.5) is 0 Å². The SMILES string of the molecule is COc1cc2oc(C(=O)[O-])cc(=O)c2c2oc(C(=O)[O-])cc(=O)c12.[Na+].[Na+]. The molecule has 2 heterocycles. The minimum atomic E-state index is -1.76. The van der Waals surface area contributed by atoms with Gasteiger partial charge in [-0.25, -0.2) is 0 Å². The van der Waals surface area contributed by atoms with Crippen molar-refractivity contribution in [2.45, 2.75) is 0 Å². The van der Waals surface area contributed by atoms with Crippen LogP contribution in [0.15, 0.2) is 36.6 Å². The van der Waals surface area contributed by atoms with Gasteiger partial charge in [0.25, 0.3) is 0 Å². The zero-order valence-electron chi connectivity index (χ0n) is 13.9. The van der Waals surface area contributed by atoms with Gasteiger partial charge in [-0.1, -0.05) is 0 Å². The maximum atomic E-state index is 12.2. The summed E-state index contributed by atoms with van der Waals surface area (Å²) in [4.78, 5) is 46.2. The number of hydrogen-bond acceptors (Lipinski definition) is 9. The standard InChI is InChI=1S/C15H8O9.2Na/c1-22-7-4-8-12(6(17)2-9(23-8)14(18)19)13-11(7)5(16)3-10(24-13)15(20)21;;/h2-4H,1H3,(H,18,19)(H,20,21);;/q;2*+1/p-2. The number of carboxylic acid groups (broad SMARTS) is 2. The monoisotopic (exact) mass is 376 g/mol. The third kappa shape index (κ3) is 3.73. The van der Waals surface area contributed by atoms with Gasteiger partial charge in [-0.15, -0.1) is 0 Å². The number of carboxylic acids is 2. The fourth-order valence-corrected chi connectivity index (χ4v) is 2.29. The van der Waals surface area contributed by atoms with E-state index in [1.807, 2.05) is 0 Å². The van der Waals surface area contributed by atoms with Gasteiger partial charge in [0.2, 0.25) is 0 Å². The van der Waals surface area contributed by atoms with E-state index in [9.17, 15) is 29.4 Å². The van der Waals surface area contributed by atoms with Gasteiger partial charge >= 0.3 is 59.1 Å². The molecule has 0 bridgehead atoms. The third-order valence-electron chi connectivity index (χ3n) is 3.28. The molecule has 0 saturated carbocycles. The number of carbonyl (C=O) groups is 2. The smallest absolute Gasteiger partial charge is 0.542 e. The van der Waals surface area contributed by atoms with Crippen molar-refractivity contribution in [2.24, 2.45) is 0 Å². The van der Waals surface area contributed by atoms with Crippen LogP contribution in [-0.2, 0) is 0 Å². The number of carbonyl (C=O) groups excluding carboxylic acids is 2. The second kappa shape index (κ2) is 8.38. The fourth-order valence-electron chi connectivity index (χ4n) is 2.29. The first-order valence-corrected chi connectivity index (χ1v) is 6.39. The van der Waals surface area contributed by atoms with Crippen LogP contribution in [0.3, 0.4) is 0 Å². The number of rotatable bonds is 3. The molecule has 0 aliphatic rings. The molecule has 1 aromatic carbocycles. The Bertz CT molecular complexity index is 1140. The van der Waals surface area contributed by atoms with Crippen molar-refractivity contribution in [1.82, 2.24) is 0 Å². The topological polar surface area (TPSA) is 150 Å². The molecule has 0 fully saturated rings. The van der Waals surface area contributed by atoms with Gasteiger partial charge in [-0.05, 0) is 0 Å². The number of aromatic carboxylic acids is 2. The molecule has 11 heteroatoms. The Balaban J connectivity index is 0.00000169. The largest absolute Gasteiger partial charge is 1.00 e. The molecule has 9 nitrogen and oxygen atoms in total. The van der Waals surface area contributed by atoms with Gasteiger partial charge in [0, 0.05) is 18.2 Å². The second-order valence-electron chi connectivity index (χ2n) is 4.68. The Morgan fingerprint density at radius 1 is 0.885 bits per heavy atom. The van der Waals surface area contributed by atoms with E-state index in [1.165, 1.54) is 7.11 Å². The second-order valence-corrected chi connectivity index (χ2v) is 4.68. The quantitative estimate of drug-likeness (QED) is 0.321. The molecule has 122 valence electrons. The van der Waals surface area contributed by atoms with Crippen molar-refractivity contribution in [3.8, 4) is 5.75 Å². The van der Waals surface area contributed by atoms with E-state index >= 15 is 0 Å². The molecule has 0 saturated heterocycles. The van der Waals surface area contributed by atoms with Gasteiger partial charge in [0.05, 0.1) is 7.11 Å². The van der Waals surface area contributed by atoms with E-state index in [1.54, 1.807) is 0 Å². The van der Waals surface area contributed by atoms with Crippen LogP contribution in [-0.4, -0.2) is 19.0 Å². The Labute approximate surface area is 188 Å². The molecule has 0 amide bonds. The van der Waals surface area contributed by atoms with Crippen LogP contribution in [0.5, 0.6) is 5.75 Å². The molecular formula is C15H6Na2O9. The minimum absolute atomic E-state index is 0. The van der Waals surface area contributed by atoms with E-state index in [0.29, 0.717) is 12.1 Å². The molecule has 3 aromatic rings. The summed E-state index contributed by atoms with van der Waals surface area (Å²) in [5.41, 5.74) is -2.32.